The number of hydrogen-bond acceptors (Lipinski definition) is 13. The van der Waals surface area contributed by atoms with Gasteiger partial charge in [0, 0.05) is 6.42 Å². The average Bonchev–Trinajstić information content (AvgIpc) is 1.41. The van der Waals surface area contributed by atoms with E-state index in [-0.39, 0.29) is 18.9 Å². The van der Waals surface area contributed by atoms with Crippen LogP contribution in [-0.4, -0.2) is 140 Å². The third-order valence-corrected chi connectivity index (χ3v) is 19.1. The smallest absolute Gasteiger partial charge is 0.220 e. The van der Waals surface area contributed by atoms with Gasteiger partial charge in [0.2, 0.25) is 5.91 Å². The summed E-state index contributed by atoms with van der Waals surface area (Å²) < 4.78 is 22.9. The highest BCUT2D eigenvalue weighted by Crippen LogP contribution is 2.30. The van der Waals surface area contributed by atoms with Gasteiger partial charge in [0.05, 0.1) is 32.0 Å². The summed E-state index contributed by atoms with van der Waals surface area (Å²) in [6.45, 7) is 2.86. The summed E-state index contributed by atoms with van der Waals surface area (Å²) in [5.41, 5.74) is 0. The summed E-state index contributed by atoms with van der Waals surface area (Å²) in [6.07, 6.45) is 61.1. The van der Waals surface area contributed by atoms with E-state index in [4.69, 9.17) is 18.9 Å². The molecule has 0 saturated carbocycles. The Labute approximate surface area is 551 Å². The molecule has 0 aromatic carbocycles. The Kier molecular flexibility index (Phi) is 57.4. The lowest BCUT2D eigenvalue weighted by Gasteiger charge is -2.46. The third-order valence-electron chi connectivity index (χ3n) is 19.1. The van der Waals surface area contributed by atoms with Crippen molar-refractivity contribution in [1.82, 2.24) is 5.32 Å². The first-order valence-corrected chi connectivity index (χ1v) is 38.6. The highest BCUT2D eigenvalue weighted by atomic mass is 16.7. The number of nitrogens with one attached hydrogen (secondary N) is 1. The van der Waals surface area contributed by atoms with Crippen molar-refractivity contribution < 1.29 is 64.6 Å². The van der Waals surface area contributed by atoms with E-state index in [1.54, 1.807) is 6.08 Å². The van der Waals surface area contributed by atoms with E-state index in [1.807, 2.05) is 6.08 Å². The maximum absolute atomic E-state index is 13.4. The van der Waals surface area contributed by atoms with Gasteiger partial charge in [-0.1, -0.05) is 334 Å². The van der Waals surface area contributed by atoms with Crippen LogP contribution >= 0.6 is 0 Å². The van der Waals surface area contributed by atoms with Crippen molar-refractivity contribution in [2.45, 2.75) is 434 Å². The number of hydrogen-bond donors (Lipinski definition) is 9. The molecule has 2 saturated heterocycles. The zero-order valence-corrected chi connectivity index (χ0v) is 58.2. The molecule has 14 heteroatoms. The van der Waals surface area contributed by atoms with Crippen LogP contribution < -0.4 is 5.32 Å². The number of allylic oxidation sites excluding steroid dienone is 3. The predicted molar refractivity (Wildman–Crippen MR) is 369 cm³/mol. The Balaban J connectivity index is 1.64. The molecule has 90 heavy (non-hydrogen) atoms. The first-order chi connectivity index (χ1) is 44.1. The van der Waals surface area contributed by atoms with Gasteiger partial charge in [0.15, 0.2) is 12.6 Å². The van der Waals surface area contributed by atoms with E-state index in [1.165, 1.54) is 295 Å². The first kappa shape index (κ1) is 84.6. The first-order valence-electron chi connectivity index (χ1n) is 38.6. The van der Waals surface area contributed by atoms with Crippen molar-refractivity contribution in [3.63, 3.8) is 0 Å². The number of aliphatic hydroxyl groups is 8. The molecule has 2 aliphatic rings. The summed E-state index contributed by atoms with van der Waals surface area (Å²) in [4.78, 5) is 13.4. The maximum Gasteiger partial charge on any atom is 0.220 e. The van der Waals surface area contributed by atoms with Crippen molar-refractivity contribution >= 4 is 5.91 Å². The van der Waals surface area contributed by atoms with Gasteiger partial charge in [0.25, 0.3) is 0 Å². The fourth-order valence-electron chi connectivity index (χ4n) is 13.0. The van der Waals surface area contributed by atoms with Gasteiger partial charge in [-0.15, -0.1) is 0 Å². The van der Waals surface area contributed by atoms with E-state index >= 15 is 0 Å². The minimum absolute atomic E-state index is 0.232. The Hall–Kier alpha value is -1.53. The highest BCUT2D eigenvalue weighted by Gasteiger charge is 2.51. The number of amides is 1. The molecule has 2 aliphatic heterocycles. The summed E-state index contributed by atoms with van der Waals surface area (Å²) in [5.74, 6) is -0.232. The second kappa shape index (κ2) is 61.1. The third kappa shape index (κ3) is 44.3. The number of carbonyl (C=O) groups excluding carboxylic acids is 1. The number of carbonyl (C=O) groups is 1. The van der Waals surface area contributed by atoms with Gasteiger partial charge in [-0.25, -0.2) is 0 Å². The van der Waals surface area contributed by atoms with Gasteiger partial charge in [-0.3, -0.25) is 4.79 Å². The fraction of sp³-hybridized carbons (Fsp3) is 0.934. The van der Waals surface area contributed by atoms with E-state index in [0.717, 1.165) is 38.5 Å². The second-order valence-electron chi connectivity index (χ2n) is 27.5. The van der Waals surface area contributed by atoms with Crippen LogP contribution in [0.25, 0.3) is 0 Å². The van der Waals surface area contributed by atoms with Crippen LogP contribution in [0.1, 0.15) is 361 Å². The number of rotatable bonds is 65. The molecule has 9 N–H and O–H groups in total. The second-order valence-corrected chi connectivity index (χ2v) is 27.5. The van der Waals surface area contributed by atoms with Gasteiger partial charge < -0.3 is 65.1 Å². The molecule has 2 heterocycles. The largest absolute Gasteiger partial charge is 0.394 e. The van der Waals surface area contributed by atoms with Crippen molar-refractivity contribution in [1.29, 1.82) is 0 Å². The van der Waals surface area contributed by atoms with Crippen LogP contribution in [0.2, 0.25) is 0 Å². The van der Waals surface area contributed by atoms with Crippen molar-refractivity contribution in [3.8, 4) is 0 Å². The molecule has 2 rings (SSSR count). The summed E-state index contributed by atoms with van der Waals surface area (Å²) in [6, 6.07) is -0.914. The standard InChI is InChI=1S/C76H145NO13/c1-3-5-7-9-11-13-15-17-19-21-23-25-27-29-31-32-34-35-37-39-41-43-45-47-49-51-53-55-57-59-65(80)64(63-87-75-73(86)71(84)74(67(62-79)89-75)90-76-72(85)70(83)69(82)66(61-78)88-76)77-68(81)60-58-56-54-52-50-48-46-44-42-40-38-36-33-30-28-26-24-22-20-18-16-14-12-10-8-6-4-2/h22,24,57,59,64-67,69-76,78-80,82-86H,3-21,23,25-56,58,60-63H2,1-2H3,(H,77,81)/b24-22-,59-57+. The predicted octanol–water partition coefficient (Wildman–Crippen LogP) is 16.7. The highest BCUT2D eigenvalue weighted by molar-refractivity contribution is 5.76. The lowest BCUT2D eigenvalue weighted by atomic mass is 9.97. The number of unbranched alkanes of at least 4 members (excludes halogenated alkanes) is 50. The topological polar surface area (TPSA) is 228 Å². The van der Waals surface area contributed by atoms with E-state index in [2.05, 4.69) is 31.3 Å². The Morgan fingerprint density at radius 2 is 0.700 bits per heavy atom. The van der Waals surface area contributed by atoms with Crippen molar-refractivity contribution in [3.05, 3.63) is 24.3 Å². The lowest BCUT2D eigenvalue weighted by molar-refractivity contribution is -0.359. The van der Waals surface area contributed by atoms with Gasteiger partial charge in [-0.2, -0.15) is 0 Å². The van der Waals surface area contributed by atoms with Crippen molar-refractivity contribution in [2.75, 3.05) is 19.8 Å². The van der Waals surface area contributed by atoms with Crippen LogP contribution in [-0.2, 0) is 23.7 Å². The molecule has 532 valence electrons. The molecular formula is C76H145NO13. The number of ether oxygens (including phenoxy) is 4. The minimum Gasteiger partial charge on any atom is -0.394 e. The quantitative estimate of drug-likeness (QED) is 0.0204. The van der Waals surface area contributed by atoms with Gasteiger partial charge in [0.1, 0.15) is 48.8 Å². The molecule has 0 bridgehead atoms. The maximum atomic E-state index is 13.4. The van der Waals surface area contributed by atoms with E-state index in [9.17, 15) is 45.6 Å². The molecular weight excluding hydrogens is 1130 g/mol. The normalized spacial score (nSPS) is 23.0. The molecule has 0 radical (unpaired) electrons. The van der Waals surface area contributed by atoms with Crippen LogP contribution in [0, 0.1) is 0 Å². The molecule has 12 unspecified atom stereocenters. The molecule has 1 amide bonds. The summed E-state index contributed by atoms with van der Waals surface area (Å²) >= 11 is 0. The van der Waals surface area contributed by atoms with Crippen LogP contribution in [0.3, 0.4) is 0 Å². The SMILES string of the molecule is CCCCCCCCCC/C=C\CCCCCCCCCCCCCCCCCC(=O)NC(COC1OC(CO)C(OC2OC(CO)C(O)C(O)C2O)C(O)C1O)C(O)/C=C/CCCCCCCCCCCCCCCCCCCCCCCCCCCCC. The molecule has 0 aromatic heterocycles. The summed E-state index contributed by atoms with van der Waals surface area (Å²) in [5, 5.41) is 87.6. The molecule has 14 nitrogen and oxygen atoms in total. The molecule has 0 aliphatic carbocycles. The molecule has 12 atom stereocenters. The van der Waals surface area contributed by atoms with E-state index in [0.29, 0.717) is 6.42 Å². The summed E-state index contributed by atoms with van der Waals surface area (Å²) in [7, 11) is 0. The van der Waals surface area contributed by atoms with Gasteiger partial charge >= 0.3 is 0 Å². The molecule has 0 aromatic rings. The lowest BCUT2D eigenvalue weighted by Crippen LogP contribution is -2.65. The van der Waals surface area contributed by atoms with Crippen LogP contribution in [0.15, 0.2) is 24.3 Å². The fourth-order valence-corrected chi connectivity index (χ4v) is 13.0. The zero-order valence-electron chi connectivity index (χ0n) is 58.2. The Bertz CT molecular complexity index is 1600. The van der Waals surface area contributed by atoms with E-state index < -0.39 is 86.8 Å². The molecule has 0 spiro atoms. The zero-order chi connectivity index (χ0) is 65.2. The Morgan fingerprint density at radius 3 is 1.06 bits per heavy atom. The minimum atomic E-state index is -1.79. The van der Waals surface area contributed by atoms with Gasteiger partial charge in [-0.05, 0) is 44.9 Å². The number of aliphatic hydroxyl groups excluding tert-OH is 8. The monoisotopic (exact) mass is 1280 g/mol. The van der Waals surface area contributed by atoms with Crippen LogP contribution in [0.4, 0.5) is 0 Å². The Morgan fingerprint density at radius 1 is 0.389 bits per heavy atom. The average molecular weight is 1280 g/mol. The van der Waals surface area contributed by atoms with Crippen molar-refractivity contribution in [2.24, 2.45) is 0 Å². The molecule has 2 fully saturated rings. The van der Waals surface area contributed by atoms with Crippen LogP contribution in [0.5, 0.6) is 0 Å².